The number of carbonyl (C=O) groups excluding carboxylic acids is 1. The molecule has 0 aliphatic rings. The first-order chi connectivity index (χ1) is 7.47. The lowest BCUT2D eigenvalue weighted by Crippen LogP contribution is -2.45. The van der Waals surface area contributed by atoms with E-state index in [1.807, 2.05) is 21.0 Å². The van der Waals surface area contributed by atoms with Gasteiger partial charge in [-0.3, -0.25) is 4.79 Å². The van der Waals surface area contributed by atoms with E-state index in [2.05, 4.69) is 17.1 Å². The first-order valence-electron chi connectivity index (χ1n) is 6.18. The maximum absolute atomic E-state index is 11.7. The normalized spacial score (nSPS) is 14.9. The third kappa shape index (κ3) is 7.65. The van der Waals surface area contributed by atoms with Crippen LogP contribution in [0.5, 0.6) is 0 Å². The summed E-state index contributed by atoms with van der Waals surface area (Å²) in [5.74, 6) is -0.0142. The highest BCUT2D eigenvalue weighted by atomic mass is 16.2. The first-order valence-corrected chi connectivity index (χ1v) is 6.18. The summed E-state index contributed by atoms with van der Waals surface area (Å²) in [7, 11) is 4.06. The number of nitrogens with one attached hydrogen (secondary N) is 1. The number of hydrogen-bond acceptors (Lipinski definition) is 3. The summed E-state index contributed by atoms with van der Waals surface area (Å²) in [6, 6.07) is -0.149. The predicted molar refractivity (Wildman–Crippen MR) is 68.3 cm³/mol. The van der Waals surface area contributed by atoms with Crippen molar-refractivity contribution < 1.29 is 4.79 Å². The van der Waals surface area contributed by atoms with Crippen molar-refractivity contribution in [3.63, 3.8) is 0 Å². The third-order valence-electron chi connectivity index (χ3n) is 2.60. The molecule has 0 saturated carbocycles. The van der Waals surface area contributed by atoms with Gasteiger partial charge in [0.2, 0.25) is 5.91 Å². The van der Waals surface area contributed by atoms with Crippen LogP contribution in [0.1, 0.15) is 39.5 Å². The van der Waals surface area contributed by atoms with Crippen LogP contribution in [0, 0.1) is 0 Å². The lowest BCUT2D eigenvalue weighted by Gasteiger charge is -2.19. The van der Waals surface area contributed by atoms with Gasteiger partial charge < -0.3 is 16.0 Å². The van der Waals surface area contributed by atoms with Gasteiger partial charge in [-0.25, -0.2) is 0 Å². The second-order valence-corrected chi connectivity index (χ2v) is 4.75. The van der Waals surface area contributed by atoms with Crippen LogP contribution in [0.3, 0.4) is 0 Å². The van der Waals surface area contributed by atoms with Crippen LogP contribution in [0.2, 0.25) is 0 Å². The molecule has 16 heavy (non-hydrogen) atoms. The number of carbonyl (C=O) groups is 1. The average molecular weight is 229 g/mol. The molecule has 3 N–H and O–H groups in total. The van der Waals surface area contributed by atoms with E-state index in [0.29, 0.717) is 0 Å². The number of unbranched alkanes of at least 4 members (excludes halogenated alkanes) is 1. The van der Waals surface area contributed by atoms with Crippen LogP contribution >= 0.6 is 0 Å². The lowest BCUT2D eigenvalue weighted by atomic mass is 10.1. The molecule has 0 heterocycles. The van der Waals surface area contributed by atoms with Gasteiger partial charge in [0.1, 0.15) is 0 Å². The molecule has 0 aliphatic heterocycles. The number of nitrogens with zero attached hydrogens (tertiary/aromatic N) is 1. The highest BCUT2D eigenvalue weighted by Gasteiger charge is 2.14. The summed E-state index contributed by atoms with van der Waals surface area (Å²) in [5.41, 5.74) is 5.79. The monoisotopic (exact) mass is 229 g/mol. The van der Waals surface area contributed by atoms with Crippen LogP contribution in [0.15, 0.2) is 0 Å². The summed E-state index contributed by atoms with van der Waals surface area (Å²) in [6.07, 6.45) is 3.83. The standard InChI is InChI=1S/C12H27N3O/c1-5-6-7-11(13)12(16)14-10(2)8-9-15(3)4/h10-11H,5-9,13H2,1-4H3,(H,14,16)/t10?,11-/m0/s1. The van der Waals surface area contributed by atoms with E-state index in [-0.39, 0.29) is 18.0 Å². The van der Waals surface area contributed by atoms with Crippen molar-refractivity contribution in [2.45, 2.75) is 51.6 Å². The maximum Gasteiger partial charge on any atom is 0.237 e. The molecule has 0 aromatic carbocycles. The molecular formula is C12H27N3O. The summed E-state index contributed by atoms with van der Waals surface area (Å²) in [6.45, 7) is 5.10. The number of amides is 1. The van der Waals surface area contributed by atoms with Crippen molar-refractivity contribution in [3.05, 3.63) is 0 Å². The molecule has 0 fully saturated rings. The molecule has 0 saturated heterocycles. The van der Waals surface area contributed by atoms with Gasteiger partial charge in [0, 0.05) is 6.04 Å². The summed E-state index contributed by atoms with van der Waals surface area (Å²) < 4.78 is 0. The molecule has 0 spiro atoms. The lowest BCUT2D eigenvalue weighted by molar-refractivity contribution is -0.123. The molecule has 4 nitrogen and oxygen atoms in total. The maximum atomic E-state index is 11.7. The second-order valence-electron chi connectivity index (χ2n) is 4.75. The molecule has 2 atom stereocenters. The summed E-state index contributed by atoms with van der Waals surface area (Å²) >= 11 is 0. The molecule has 0 rings (SSSR count). The Hall–Kier alpha value is -0.610. The van der Waals surface area contributed by atoms with Crippen LogP contribution in [0.25, 0.3) is 0 Å². The van der Waals surface area contributed by atoms with Gasteiger partial charge in [-0.15, -0.1) is 0 Å². The van der Waals surface area contributed by atoms with E-state index in [1.165, 1.54) is 0 Å². The van der Waals surface area contributed by atoms with Crippen LogP contribution in [-0.4, -0.2) is 43.5 Å². The van der Waals surface area contributed by atoms with Crippen LogP contribution in [0.4, 0.5) is 0 Å². The van der Waals surface area contributed by atoms with Crippen molar-refractivity contribution in [1.29, 1.82) is 0 Å². The highest BCUT2D eigenvalue weighted by Crippen LogP contribution is 1.99. The second kappa shape index (κ2) is 8.53. The summed E-state index contributed by atoms with van der Waals surface area (Å²) in [4.78, 5) is 13.8. The molecule has 0 bridgehead atoms. The van der Waals surface area contributed by atoms with Crippen molar-refractivity contribution in [2.24, 2.45) is 5.73 Å². The zero-order chi connectivity index (χ0) is 12.6. The Kier molecular flexibility index (Phi) is 8.21. The van der Waals surface area contributed by atoms with Gasteiger partial charge in [0.15, 0.2) is 0 Å². The van der Waals surface area contributed by atoms with E-state index < -0.39 is 0 Å². The van der Waals surface area contributed by atoms with E-state index in [4.69, 9.17) is 5.73 Å². The highest BCUT2D eigenvalue weighted by molar-refractivity contribution is 5.81. The average Bonchev–Trinajstić information content (AvgIpc) is 2.22. The number of nitrogens with two attached hydrogens (primary N) is 1. The quantitative estimate of drug-likeness (QED) is 0.652. The minimum Gasteiger partial charge on any atom is -0.352 e. The fourth-order valence-corrected chi connectivity index (χ4v) is 1.43. The Balaban J connectivity index is 3.76. The van der Waals surface area contributed by atoms with Gasteiger partial charge in [0.05, 0.1) is 6.04 Å². The number of rotatable bonds is 8. The molecule has 96 valence electrons. The van der Waals surface area contributed by atoms with Crippen molar-refractivity contribution >= 4 is 5.91 Å². The van der Waals surface area contributed by atoms with Gasteiger partial charge in [-0.2, -0.15) is 0 Å². The van der Waals surface area contributed by atoms with E-state index in [0.717, 1.165) is 32.2 Å². The largest absolute Gasteiger partial charge is 0.352 e. The minimum absolute atomic E-state index is 0.0142. The molecule has 0 radical (unpaired) electrons. The Morgan fingerprint density at radius 2 is 2.00 bits per heavy atom. The first kappa shape index (κ1) is 15.4. The molecular weight excluding hydrogens is 202 g/mol. The van der Waals surface area contributed by atoms with E-state index in [1.54, 1.807) is 0 Å². The molecule has 0 aromatic rings. The zero-order valence-electron chi connectivity index (χ0n) is 11.1. The topological polar surface area (TPSA) is 58.4 Å². The Bertz CT molecular complexity index is 195. The fraction of sp³-hybridized carbons (Fsp3) is 0.917. The van der Waals surface area contributed by atoms with Crippen molar-refractivity contribution in [3.8, 4) is 0 Å². The predicted octanol–water partition coefficient (Wildman–Crippen LogP) is 0.960. The van der Waals surface area contributed by atoms with Crippen LogP contribution in [-0.2, 0) is 4.79 Å². The van der Waals surface area contributed by atoms with Gasteiger partial charge in [-0.05, 0) is 40.4 Å². The smallest absolute Gasteiger partial charge is 0.237 e. The summed E-state index contributed by atoms with van der Waals surface area (Å²) in [5, 5.41) is 2.95. The third-order valence-corrected chi connectivity index (χ3v) is 2.60. The number of hydrogen-bond donors (Lipinski definition) is 2. The molecule has 1 amide bonds. The van der Waals surface area contributed by atoms with E-state index in [9.17, 15) is 4.79 Å². The Labute approximate surface area is 99.6 Å². The minimum atomic E-state index is -0.346. The van der Waals surface area contributed by atoms with Crippen molar-refractivity contribution in [1.82, 2.24) is 10.2 Å². The van der Waals surface area contributed by atoms with E-state index >= 15 is 0 Å². The van der Waals surface area contributed by atoms with Gasteiger partial charge >= 0.3 is 0 Å². The molecule has 0 aliphatic carbocycles. The Morgan fingerprint density at radius 1 is 1.38 bits per heavy atom. The van der Waals surface area contributed by atoms with Gasteiger partial charge in [-0.1, -0.05) is 19.8 Å². The zero-order valence-corrected chi connectivity index (χ0v) is 11.1. The van der Waals surface area contributed by atoms with Gasteiger partial charge in [0.25, 0.3) is 0 Å². The molecule has 1 unspecified atom stereocenters. The van der Waals surface area contributed by atoms with Crippen molar-refractivity contribution in [2.75, 3.05) is 20.6 Å². The SMILES string of the molecule is CCCC[C@H](N)C(=O)NC(C)CCN(C)C. The molecule has 0 aromatic heterocycles. The van der Waals surface area contributed by atoms with Crippen LogP contribution < -0.4 is 11.1 Å². The Morgan fingerprint density at radius 3 is 2.50 bits per heavy atom. The molecule has 4 heteroatoms. The fourth-order valence-electron chi connectivity index (χ4n) is 1.43.